The molecule has 3 heterocycles. The van der Waals surface area contributed by atoms with Crippen LogP contribution in [0.15, 0.2) is 53.1 Å². The Labute approximate surface area is 210 Å². The van der Waals surface area contributed by atoms with Gasteiger partial charge < -0.3 is 28.6 Å². The van der Waals surface area contributed by atoms with Crippen LogP contribution in [0, 0.1) is 0 Å². The number of nitrogens with zero attached hydrogens (tertiary/aromatic N) is 5. The predicted octanol–water partition coefficient (Wildman–Crippen LogP) is 2.95. The number of rotatable bonds is 9. The molecule has 2 amide bonds. The fraction of sp³-hybridized carbons (Fsp3) is 0.385. The van der Waals surface area contributed by atoms with E-state index in [4.69, 9.17) is 13.9 Å². The third-order valence-electron chi connectivity index (χ3n) is 6.12. The van der Waals surface area contributed by atoms with Gasteiger partial charge in [0, 0.05) is 38.3 Å². The van der Waals surface area contributed by atoms with Crippen molar-refractivity contribution in [3.63, 3.8) is 0 Å². The smallest absolute Gasteiger partial charge is 0.290 e. The Balaban J connectivity index is 1.34. The molecule has 1 saturated heterocycles. The number of hydrogen-bond donors (Lipinski definition) is 0. The highest BCUT2D eigenvalue weighted by molar-refractivity contribution is 5.94. The van der Waals surface area contributed by atoms with E-state index in [1.165, 1.54) is 6.26 Å². The van der Waals surface area contributed by atoms with Crippen LogP contribution in [0.5, 0.6) is 11.5 Å². The highest BCUT2D eigenvalue weighted by Gasteiger charge is 2.26. The number of amides is 2. The molecular formula is C26H31N5O5. The lowest BCUT2D eigenvalue weighted by atomic mass is 10.1. The second-order valence-electron chi connectivity index (χ2n) is 8.42. The summed E-state index contributed by atoms with van der Waals surface area (Å²) in [4.78, 5) is 31.1. The van der Waals surface area contributed by atoms with Crippen molar-refractivity contribution >= 4 is 17.6 Å². The zero-order valence-electron chi connectivity index (χ0n) is 20.8. The first-order valence-electron chi connectivity index (χ1n) is 12.0. The number of furan rings is 1. The van der Waals surface area contributed by atoms with Crippen molar-refractivity contribution in [3.05, 3.63) is 54.5 Å². The van der Waals surface area contributed by atoms with Gasteiger partial charge in [0.15, 0.2) is 23.1 Å². The van der Waals surface area contributed by atoms with Gasteiger partial charge >= 0.3 is 0 Å². The van der Waals surface area contributed by atoms with E-state index in [9.17, 15) is 9.59 Å². The van der Waals surface area contributed by atoms with Crippen molar-refractivity contribution in [2.75, 3.05) is 58.4 Å². The van der Waals surface area contributed by atoms with Gasteiger partial charge in [0.1, 0.15) is 6.54 Å². The Hall–Kier alpha value is -4.08. The minimum atomic E-state index is -0.265. The Bertz CT molecular complexity index is 1160. The van der Waals surface area contributed by atoms with Crippen LogP contribution in [-0.2, 0) is 4.79 Å². The van der Waals surface area contributed by atoms with E-state index in [0.717, 1.165) is 23.5 Å². The van der Waals surface area contributed by atoms with Gasteiger partial charge in [-0.25, -0.2) is 0 Å². The third kappa shape index (κ3) is 5.59. The zero-order chi connectivity index (χ0) is 25.5. The monoisotopic (exact) mass is 493 g/mol. The molecule has 0 saturated carbocycles. The van der Waals surface area contributed by atoms with Gasteiger partial charge in [-0.05, 0) is 48.9 Å². The van der Waals surface area contributed by atoms with Crippen molar-refractivity contribution in [1.82, 2.24) is 20.0 Å². The predicted molar refractivity (Wildman–Crippen MR) is 134 cm³/mol. The van der Waals surface area contributed by atoms with Crippen molar-refractivity contribution in [1.29, 1.82) is 0 Å². The van der Waals surface area contributed by atoms with Gasteiger partial charge in [0.2, 0.25) is 5.91 Å². The summed E-state index contributed by atoms with van der Waals surface area (Å²) in [7, 11) is 3.19. The van der Waals surface area contributed by atoms with Crippen LogP contribution >= 0.6 is 0 Å². The van der Waals surface area contributed by atoms with Gasteiger partial charge in [0.25, 0.3) is 5.91 Å². The summed E-state index contributed by atoms with van der Waals surface area (Å²) in [5, 5.41) is 8.80. The van der Waals surface area contributed by atoms with E-state index in [1.807, 2.05) is 37.3 Å². The number of carbonyl (C=O) groups is 2. The molecule has 3 aromatic rings. The fourth-order valence-corrected chi connectivity index (χ4v) is 4.17. The molecule has 0 atom stereocenters. The van der Waals surface area contributed by atoms with E-state index >= 15 is 0 Å². The third-order valence-corrected chi connectivity index (χ3v) is 6.12. The molecule has 0 unspecified atom stereocenters. The van der Waals surface area contributed by atoms with Crippen LogP contribution in [0.3, 0.4) is 0 Å². The average Bonchev–Trinajstić information content (AvgIpc) is 3.47. The lowest BCUT2D eigenvalue weighted by Crippen LogP contribution is -2.52. The van der Waals surface area contributed by atoms with Gasteiger partial charge in [-0.15, -0.1) is 10.2 Å². The zero-order valence-corrected chi connectivity index (χ0v) is 20.8. The molecule has 0 bridgehead atoms. The second kappa shape index (κ2) is 11.6. The number of hydrogen-bond acceptors (Lipinski definition) is 8. The summed E-state index contributed by atoms with van der Waals surface area (Å²) < 4.78 is 15.9. The molecule has 1 fully saturated rings. The summed E-state index contributed by atoms with van der Waals surface area (Å²) in [6.07, 6.45) is 2.22. The summed E-state index contributed by atoms with van der Waals surface area (Å²) in [6, 6.07) is 12.8. The first kappa shape index (κ1) is 25.0. The van der Waals surface area contributed by atoms with E-state index < -0.39 is 0 Å². The van der Waals surface area contributed by atoms with Crippen LogP contribution in [0.2, 0.25) is 0 Å². The fourth-order valence-electron chi connectivity index (χ4n) is 4.17. The number of aromatic nitrogens is 2. The van der Waals surface area contributed by atoms with Crippen molar-refractivity contribution in [3.8, 4) is 22.8 Å². The van der Waals surface area contributed by atoms with Crippen LogP contribution < -0.4 is 14.4 Å². The van der Waals surface area contributed by atoms with Crippen molar-refractivity contribution in [2.45, 2.75) is 13.3 Å². The SMILES string of the molecule is CCCN(CC(=O)N1CCN(c2ccc(-c3ccc(OC)c(OC)c3)nn2)CC1)C(=O)c1ccco1. The van der Waals surface area contributed by atoms with Gasteiger partial charge in [-0.1, -0.05) is 6.92 Å². The summed E-state index contributed by atoms with van der Waals surface area (Å²) >= 11 is 0. The van der Waals surface area contributed by atoms with Gasteiger partial charge in [0.05, 0.1) is 26.2 Å². The standard InChI is InChI=1S/C26H31N5O5/c1-4-11-31(26(33)22-6-5-16-36-22)18-25(32)30-14-12-29(13-15-30)24-10-8-20(27-28-24)19-7-9-21(34-2)23(17-19)35-3/h5-10,16-17H,4,11-15,18H2,1-3H3. The molecule has 2 aromatic heterocycles. The highest BCUT2D eigenvalue weighted by Crippen LogP contribution is 2.31. The Morgan fingerprint density at radius 3 is 2.39 bits per heavy atom. The van der Waals surface area contributed by atoms with Crippen molar-refractivity contribution < 1.29 is 23.5 Å². The van der Waals surface area contributed by atoms with E-state index in [-0.39, 0.29) is 24.1 Å². The maximum atomic E-state index is 12.9. The maximum absolute atomic E-state index is 12.9. The molecule has 190 valence electrons. The largest absolute Gasteiger partial charge is 0.493 e. The lowest BCUT2D eigenvalue weighted by molar-refractivity contribution is -0.132. The van der Waals surface area contributed by atoms with E-state index in [1.54, 1.807) is 36.2 Å². The Morgan fingerprint density at radius 1 is 1.00 bits per heavy atom. The molecule has 1 aromatic carbocycles. The number of anilines is 1. The normalized spacial score (nSPS) is 13.4. The lowest BCUT2D eigenvalue weighted by Gasteiger charge is -2.36. The molecule has 0 radical (unpaired) electrons. The molecule has 10 nitrogen and oxygen atoms in total. The number of ether oxygens (including phenoxy) is 2. The molecule has 0 spiro atoms. The minimum Gasteiger partial charge on any atom is -0.493 e. The molecule has 0 aliphatic carbocycles. The van der Waals surface area contributed by atoms with E-state index in [2.05, 4.69) is 15.1 Å². The Kier molecular flexibility index (Phi) is 8.04. The first-order valence-corrected chi connectivity index (χ1v) is 12.0. The van der Waals surface area contributed by atoms with Gasteiger partial charge in [-0.2, -0.15) is 0 Å². The molecule has 0 N–H and O–H groups in total. The molecule has 4 rings (SSSR count). The maximum Gasteiger partial charge on any atom is 0.290 e. The van der Waals surface area contributed by atoms with Crippen LogP contribution in [0.25, 0.3) is 11.3 Å². The summed E-state index contributed by atoms with van der Waals surface area (Å²) in [5.74, 6) is 1.95. The quantitative estimate of drug-likeness (QED) is 0.449. The minimum absolute atomic E-state index is 0.0349. The number of methoxy groups -OCH3 is 2. The number of carbonyl (C=O) groups excluding carboxylic acids is 2. The number of piperazine rings is 1. The molecule has 1 aliphatic heterocycles. The first-order chi connectivity index (χ1) is 17.5. The topological polar surface area (TPSA) is 101 Å². The molecule has 1 aliphatic rings. The highest BCUT2D eigenvalue weighted by atomic mass is 16.5. The molecular weight excluding hydrogens is 462 g/mol. The van der Waals surface area contributed by atoms with E-state index in [0.29, 0.717) is 44.2 Å². The molecule has 36 heavy (non-hydrogen) atoms. The second-order valence-corrected chi connectivity index (χ2v) is 8.42. The Morgan fingerprint density at radius 2 is 1.78 bits per heavy atom. The number of benzene rings is 1. The van der Waals surface area contributed by atoms with Crippen LogP contribution in [0.1, 0.15) is 23.9 Å². The summed E-state index contributed by atoms with van der Waals surface area (Å²) in [5.41, 5.74) is 1.61. The van der Waals surface area contributed by atoms with Crippen LogP contribution in [-0.4, -0.2) is 85.3 Å². The molecule has 10 heteroatoms. The van der Waals surface area contributed by atoms with Crippen molar-refractivity contribution in [2.24, 2.45) is 0 Å². The van der Waals surface area contributed by atoms with Crippen LogP contribution in [0.4, 0.5) is 5.82 Å². The van der Waals surface area contributed by atoms with Gasteiger partial charge in [-0.3, -0.25) is 9.59 Å². The average molecular weight is 494 g/mol. The summed E-state index contributed by atoms with van der Waals surface area (Å²) in [6.45, 7) is 4.87.